The minimum atomic E-state index is 0.487. The third kappa shape index (κ3) is 4.21. The van der Waals surface area contributed by atoms with Gasteiger partial charge in [-0.05, 0) is 69.6 Å². The third-order valence-electron chi connectivity index (χ3n) is 4.28. The van der Waals surface area contributed by atoms with Gasteiger partial charge in [0.05, 0.1) is 0 Å². The van der Waals surface area contributed by atoms with Crippen LogP contribution >= 0.6 is 11.6 Å². The van der Waals surface area contributed by atoms with Crippen LogP contribution in [0.25, 0.3) is 0 Å². The van der Waals surface area contributed by atoms with Crippen molar-refractivity contribution in [1.82, 2.24) is 10.2 Å². The summed E-state index contributed by atoms with van der Waals surface area (Å²) in [6, 6.07) is 8.89. The zero-order valence-corrected chi connectivity index (χ0v) is 13.5. The minimum Gasteiger partial charge on any atom is -0.316 e. The Hall–Kier alpha value is -0.570. The number of benzene rings is 1. The van der Waals surface area contributed by atoms with E-state index in [9.17, 15) is 0 Å². The summed E-state index contributed by atoms with van der Waals surface area (Å²) >= 11 is 6.19. The molecule has 1 aliphatic heterocycles. The monoisotopic (exact) mass is 294 g/mol. The lowest BCUT2D eigenvalue weighted by Crippen LogP contribution is -2.35. The quantitative estimate of drug-likeness (QED) is 0.822. The lowest BCUT2D eigenvalue weighted by atomic mass is 9.89. The van der Waals surface area contributed by atoms with Gasteiger partial charge < -0.3 is 5.32 Å². The van der Waals surface area contributed by atoms with Gasteiger partial charge in [-0.1, -0.05) is 37.1 Å². The summed E-state index contributed by atoms with van der Waals surface area (Å²) < 4.78 is 0. The summed E-state index contributed by atoms with van der Waals surface area (Å²) in [7, 11) is 2.25. The standard InChI is InChI=1S/C17H27ClN2/c1-3-10-19-13-15-7-4-5-11-20(2)17(15)14-8-6-9-16(18)12-14/h6,8-9,12,15,17,19H,3-5,7,10-11,13H2,1-2H3. The molecule has 1 heterocycles. The Labute approximate surface area is 128 Å². The van der Waals surface area contributed by atoms with E-state index in [1.807, 2.05) is 6.07 Å². The van der Waals surface area contributed by atoms with E-state index < -0.39 is 0 Å². The largest absolute Gasteiger partial charge is 0.316 e. The SMILES string of the molecule is CCCNCC1CCCCN(C)C1c1cccc(Cl)c1. The molecule has 112 valence electrons. The summed E-state index contributed by atoms with van der Waals surface area (Å²) in [6.45, 7) is 5.62. The number of nitrogens with zero attached hydrogens (tertiary/aromatic N) is 1. The van der Waals surface area contributed by atoms with E-state index >= 15 is 0 Å². The first-order valence-electron chi connectivity index (χ1n) is 7.88. The Bertz CT molecular complexity index is 408. The van der Waals surface area contributed by atoms with Crippen molar-refractivity contribution in [2.24, 2.45) is 5.92 Å². The van der Waals surface area contributed by atoms with Crippen LogP contribution in [0.3, 0.4) is 0 Å². The van der Waals surface area contributed by atoms with Gasteiger partial charge in [-0.3, -0.25) is 4.90 Å². The zero-order chi connectivity index (χ0) is 14.4. The molecule has 1 aromatic carbocycles. The van der Waals surface area contributed by atoms with Crippen LogP contribution < -0.4 is 5.32 Å². The molecular formula is C17H27ClN2. The van der Waals surface area contributed by atoms with Crippen LogP contribution in [0.5, 0.6) is 0 Å². The number of halogens is 1. The predicted octanol–water partition coefficient (Wildman–Crippen LogP) is 4.11. The van der Waals surface area contributed by atoms with Gasteiger partial charge in [-0.15, -0.1) is 0 Å². The van der Waals surface area contributed by atoms with Crippen molar-refractivity contribution in [2.45, 2.75) is 38.6 Å². The first kappa shape index (κ1) is 15.8. The molecule has 0 bridgehead atoms. The topological polar surface area (TPSA) is 15.3 Å². The molecule has 2 atom stereocenters. The molecular weight excluding hydrogens is 268 g/mol. The minimum absolute atomic E-state index is 0.487. The first-order valence-corrected chi connectivity index (χ1v) is 8.26. The van der Waals surface area contributed by atoms with Gasteiger partial charge in [-0.25, -0.2) is 0 Å². The van der Waals surface area contributed by atoms with Crippen LogP contribution in [0, 0.1) is 5.92 Å². The molecule has 2 nitrogen and oxygen atoms in total. The van der Waals surface area contributed by atoms with Crippen LogP contribution in [-0.4, -0.2) is 31.6 Å². The fourth-order valence-corrected chi connectivity index (χ4v) is 3.52. The third-order valence-corrected chi connectivity index (χ3v) is 4.52. The van der Waals surface area contributed by atoms with Crippen molar-refractivity contribution >= 4 is 11.6 Å². The molecule has 1 aliphatic rings. The van der Waals surface area contributed by atoms with Crippen molar-refractivity contribution < 1.29 is 0 Å². The van der Waals surface area contributed by atoms with E-state index in [1.54, 1.807) is 0 Å². The zero-order valence-electron chi connectivity index (χ0n) is 12.7. The van der Waals surface area contributed by atoms with Crippen molar-refractivity contribution in [3.63, 3.8) is 0 Å². The molecule has 1 N–H and O–H groups in total. The van der Waals surface area contributed by atoms with E-state index in [0.29, 0.717) is 12.0 Å². The number of nitrogens with one attached hydrogen (secondary N) is 1. The summed E-state index contributed by atoms with van der Waals surface area (Å²) in [4.78, 5) is 2.51. The number of hydrogen-bond donors (Lipinski definition) is 1. The molecule has 2 rings (SSSR count). The smallest absolute Gasteiger partial charge is 0.0409 e. The molecule has 3 heteroatoms. The normalized spacial score (nSPS) is 24.6. The lowest BCUT2D eigenvalue weighted by Gasteiger charge is -2.33. The van der Waals surface area contributed by atoms with Crippen molar-refractivity contribution in [3.8, 4) is 0 Å². The Morgan fingerprint density at radius 1 is 1.35 bits per heavy atom. The second-order valence-electron chi connectivity index (χ2n) is 5.94. The predicted molar refractivity (Wildman–Crippen MR) is 87.3 cm³/mol. The van der Waals surface area contributed by atoms with Crippen LogP contribution in [0.15, 0.2) is 24.3 Å². The van der Waals surface area contributed by atoms with E-state index in [0.717, 1.165) is 18.1 Å². The lowest BCUT2D eigenvalue weighted by molar-refractivity contribution is 0.189. The Kier molecular flexibility index (Phi) is 6.34. The molecule has 0 spiro atoms. The molecule has 2 unspecified atom stereocenters. The Morgan fingerprint density at radius 2 is 2.20 bits per heavy atom. The van der Waals surface area contributed by atoms with Gasteiger partial charge >= 0.3 is 0 Å². The van der Waals surface area contributed by atoms with Gasteiger partial charge in [0, 0.05) is 11.1 Å². The number of likely N-dealkylation sites (tertiary alicyclic amines) is 1. The van der Waals surface area contributed by atoms with Crippen LogP contribution in [0.2, 0.25) is 5.02 Å². The van der Waals surface area contributed by atoms with Crippen molar-refractivity contribution in [1.29, 1.82) is 0 Å². The first-order chi connectivity index (χ1) is 9.72. The molecule has 0 aromatic heterocycles. The summed E-state index contributed by atoms with van der Waals surface area (Å²) in [5.41, 5.74) is 1.37. The van der Waals surface area contributed by atoms with Crippen molar-refractivity contribution in [2.75, 3.05) is 26.7 Å². The fourth-order valence-electron chi connectivity index (χ4n) is 3.32. The van der Waals surface area contributed by atoms with E-state index in [2.05, 4.69) is 42.4 Å². The fraction of sp³-hybridized carbons (Fsp3) is 0.647. The van der Waals surface area contributed by atoms with Gasteiger partial charge in [0.2, 0.25) is 0 Å². The second-order valence-corrected chi connectivity index (χ2v) is 6.38. The molecule has 1 saturated heterocycles. The average molecular weight is 295 g/mol. The molecule has 0 aliphatic carbocycles. The maximum absolute atomic E-state index is 6.19. The molecule has 0 saturated carbocycles. The average Bonchev–Trinajstić information content (AvgIpc) is 2.61. The van der Waals surface area contributed by atoms with E-state index in [-0.39, 0.29) is 0 Å². The van der Waals surface area contributed by atoms with Gasteiger partial charge in [0.15, 0.2) is 0 Å². The summed E-state index contributed by atoms with van der Waals surface area (Å²) in [5.74, 6) is 0.674. The van der Waals surface area contributed by atoms with Crippen molar-refractivity contribution in [3.05, 3.63) is 34.9 Å². The highest BCUT2D eigenvalue weighted by Gasteiger charge is 2.28. The van der Waals surface area contributed by atoms with E-state index in [1.165, 1.54) is 37.8 Å². The Morgan fingerprint density at radius 3 is 2.95 bits per heavy atom. The highest BCUT2D eigenvalue weighted by molar-refractivity contribution is 6.30. The van der Waals surface area contributed by atoms with E-state index in [4.69, 9.17) is 11.6 Å². The van der Waals surface area contributed by atoms with Gasteiger partial charge in [0.1, 0.15) is 0 Å². The van der Waals surface area contributed by atoms with Crippen LogP contribution in [-0.2, 0) is 0 Å². The van der Waals surface area contributed by atoms with Crippen LogP contribution in [0.1, 0.15) is 44.2 Å². The highest BCUT2D eigenvalue weighted by Crippen LogP contribution is 2.34. The molecule has 20 heavy (non-hydrogen) atoms. The highest BCUT2D eigenvalue weighted by atomic mass is 35.5. The molecule has 0 amide bonds. The maximum atomic E-state index is 6.19. The van der Waals surface area contributed by atoms with Gasteiger partial charge in [-0.2, -0.15) is 0 Å². The number of hydrogen-bond acceptors (Lipinski definition) is 2. The molecule has 1 fully saturated rings. The van der Waals surface area contributed by atoms with Gasteiger partial charge in [0.25, 0.3) is 0 Å². The summed E-state index contributed by atoms with van der Waals surface area (Å²) in [5, 5.41) is 4.46. The molecule has 0 radical (unpaired) electrons. The Balaban J connectivity index is 2.16. The molecule has 1 aromatic rings. The number of rotatable bonds is 5. The van der Waals surface area contributed by atoms with Crippen LogP contribution in [0.4, 0.5) is 0 Å². The second kappa shape index (κ2) is 8.02. The maximum Gasteiger partial charge on any atom is 0.0409 e. The summed E-state index contributed by atoms with van der Waals surface area (Å²) in [6.07, 6.45) is 5.14.